The van der Waals surface area contributed by atoms with Crippen molar-refractivity contribution in [1.82, 2.24) is 0 Å². The van der Waals surface area contributed by atoms with Crippen molar-refractivity contribution in [1.29, 1.82) is 0 Å². The van der Waals surface area contributed by atoms with E-state index in [0.29, 0.717) is 33.7 Å². The Morgan fingerprint density at radius 2 is 0.766 bits per heavy atom. The zero-order valence-corrected chi connectivity index (χ0v) is 39.7. The van der Waals surface area contributed by atoms with Crippen LogP contribution in [-0.4, -0.2) is 5.43 Å². The summed E-state index contributed by atoms with van der Waals surface area (Å²) in [6.07, 6.45) is -8.15. The van der Waals surface area contributed by atoms with Gasteiger partial charge in [-0.3, -0.25) is 0 Å². The SMILES string of the molecule is C[Si](C)=[Zr+2].FC(F)(F)c1cc(-c2cccc3[cH-]c(CC4CCCC4)cc23)cc(C(F)(F)F)c1.FC(F)(F)c1cc(-c2cccc3[cH-]c(CC4CCCC4)cc23)cc(C(F)(F)F)c1.[Cl-].[Cl-]. The molecule has 0 bridgehead atoms. The van der Waals surface area contributed by atoms with E-state index in [9.17, 15) is 52.7 Å². The number of hydrogen-bond acceptors (Lipinski definition) is 0. The summed E-state index contributed by atoms with van der Waals surface area (Å²) in [4.78, 5) is 0. The summed E-state index contributed by atoms with van der Waals surface area (Å²) < 4.78 is 159. The van der Waals surface area contributed by atoms with Gasteiger partial charge in [0.25, 0.3) is 0 Å². The standard InChI is InChI=1S/2C23H19F6.C2H6Si.2ClH.Zr/c2*24-22(25,26)18-11-17(12-19(13-18)23(27,28)29)20-7-3-6-16-9-15(10-21(16)20)8-14-4-1-2-5-14;1-3-2;;;/h2*3,6-7,9-14H,1-2,4-5,8H2;1-2H3;2*1H;/q2*-1;;;;+2/p-2. The monoisotopic (exact) mass is 1040 g/mol. The van der Waals surface area contributed by atoms with Crippen molar-refractivity contribution in [2.75, 3.05) is 0 Å². The van der Waals surface area contributed by atoms with Gasteiger partial charge < -0.3 is 24.8 Å². The molecule has 0 spiro atoms. The van der Waals surface area contributed by atoms with Crippen molar-refractivity contribution in [3.8, 4) is 22.3 Å². The van der Waals surface area contributed by atoms with Crippen LogP contribution >= 0.6 is 0 Å². The Balaban J connectivity index is 0.000000252. The Hall–Kier alpha value is -3.06. The van der Waals surface area contributed by atoms with Gasteiger partial charge in [0.1, 0.15) is 0 Å². The molecule has 0 aliphatic heterocycles. The van der Waals surface area contributed by atoms with Crippen LogP contribution in [0.2, 0.25) is 13.1 Å². The Bertz CT molecular complexity index is 2260. The summed E-state index contributed by atoms with van der Waals surface area (Å²) in [7, 11) is 0. The molecule has 64 heavy (non-hydrogen) atoms. The molecule has 0 radical (unpaired) electrons. The van der Waals surface area contributed by atoms with Gasteiger partial charge in [0.15, 0.2) is 0 Å². The molecule has 0 atom stereocenters. The fraction of sp³-hybridized carbons (Fsp3) is 0.375. The molecule has 0 N–H and O–H groups in total. The molecule has 6 aromatic carbocycles. The second-order valence-corrected chi connectivity index (χ2v) is 26.0. The molecule has 0 heterocycles. The first-order valence-corrected chi connectivity index (χ1v) is 26.6. The summed E-state index contributed by atoms with van der Waals surface area (Å²) in [6.45, 7) is 4.62. The Morgan fingerprint density at radius 3 is 1.03 bits per heavy atom. The summed E-state index contributed by atoms with van der Waals surface area (Å²) in [5.41, 5.74) is -2.17. The van der Waals surface area contributed by atoms with Crippen molar-refractivity contribution < 1.29 is 101 Å². The second-order valence-electron chi connectivity index (χ2n) is 16.6. The maximum atomic E-state index is 13.2. The van der Waals surface area contributed by atoms with E-state index in [1.165, 1.54) is 25.7 Å². The van der Waals surface area contributed by atoms with Gasteiger partial charge >= 0.3 is 66.6 Å². The Kier molecular flexibility index (Phi) is 18.2. The van der Waals surface area contributed by atoms with Gasteiger partial charge in [0.2, 0.25) is 0 Å². The molecule has 0 saturated heterocycles. The molecule has 0 unspecified atom stereocenters. The van der Waals surface area contributed by atoms with Crippen molar-refractivity contribution in [3.63, 3.8) is 0 Å². The Morgan fingerprint density at radius 1 is 0.484 bits per heavy atom. The van der Waals surface area contributed by atoms with E-state index >= 15 is 0 Å². The van der Waals surface area contributed by atoms with Gasteiger partial charge in [-0.25, -0.2) is 0 Å². The minimum absolute atomic E-state index is 0. The third kappa shape index (κ3) is 14.0. The first-order chi connectivity index (χ1) is 29.0. The number of rotatable bonds is 6. The average molecular weight is 1040 g/mol. The van der Waals surface area contributed by atoms with Gasteiger partial charge in [0.05, 0.1) is 22.3 Å². The zero-order chi connectivity index (χ0) is 45.2. The maximum Gasteiger partial charge on any atom is 0.416 e. The normalized spacial score (nSPS) is 15.0. The molecule has 0 nitrogen and oxygen atoms in total. The van der Waals surface area contributed by atoms with E-state index in [1.54, 1.807) is 47.6 Å². The van der Waals surface area contributed by atoms with Crippen LogP contribution in [0.15, 0.2) is 97.1 Å². The van der Waals surface area contributed by atoms with E-state index in [4.69, 9.17) is 0 Å². The van der Waals surface area contributed by atoms with Gasteiger partial charge in [-0.05, 0) is 72.2 Å². The number of fused-ring (bicyclic) bond motifs is 2. The minimum atomic E-state index is -4.86. The molecule has 2 aliphatic rings. The topological polar surface area (TPSA) is 0 Å². The summed E-state index contributed by atoms with van der Waals surface area (Å²) in [5.74, 6) is 1.20. The molecular weight excluding hydrogens is 995 g/mol. The molecule has 2 aliphatic carbocycles. The van der Waals surface area contributed by atoms with Crippen LogP contribution in [0.1, 0.15) is 84.7 Å². The van der Waals surface area contributed by atoms with Crippen LogP contribution in [0, 0.1) is 11.8 Å². The zero-order valence-electron chi connectivity index (χ0n) is 34.8. The third-order valence-corrected chi connectivity index (χ3v) is 11.4. The number of halogens is 14. The van der Waals surface area contributed by atoms with Gasteiger partial charge in [-0.2, -0.15) is 64.8 Å². The van der Waals surface area contributed by atoms with Crippen molar-refractivity contribution in [2.24, 2.45) is 11.8 Å². The largest absolute Gasteiger partial charge is 1.00 e. The molecule has 344 valence electrons. The number of benzene rings is 4. The van der Waals surface area contributed by atoms with E-state index in [-0.39, 0.29) is 53.5 Å². The van der Waals surface area contributed by atoms with Crippen LogP contribution in [-0.2, 0) is 60.9 Å². The van der Waals surface area contributed by atoms with Crippen LogP contribution < -0.4 is 24.8 Å². The van der Waals surface area contributed by atoms with Crippen LogP contribution in [0.3, 0.4) is 0 Å². The number of hydrogen-bond donors (Lipinski definition) is 0. The van der Waals surface area contributed by atoms with Gasteiger partial charge in [0, 0.05) is 0 Å². The fourth-order valence-corrected chi connectivity index (χ4v) is 8.65. The maximum absolute atomic E-state index is 13.2. The average Bonchev–Trinajstić information content (AvgIpc) is 4.01. The molecule has 8 rings (SSSR count). The molecule has 0 amide bonds. The molecule has 2 fully saturated rings. The Labute approximate surface area is 392 Å². The summed E-state index contributed by atoms with van der Waals surface area (Å²) in [5, 5.41) is 3.05. The van der Waals surface area contributed by atoms with Crippen LogP contribution in [0.4, 0.5) is 52.7 Å². The van der Waals surface area contributed by atoms with Crippen molar-refractivity contribution >= 4 is 27.0 Å². The van der Waals surface area contributed by atoms with E-state index in [1.807, 2.05) is 36.4 Å². The van der Waals surface area contributed by atoms with Crippen molar-refractivity contribution in [2.45, 2.75) is 102 Å². The molecule has 6 aromatic rings. The first kappa shape index (κ1) is 53.6. The molecular formula is C48H44Cl2F12SiZr-2. The van der Waals surface area contributed by atoms with Gasteiger partial charge in [-0.1, -0.05) is 74.6 Å². The van der Waals surface area contributed by atoms with E-state index in [0.717, 1.165) is 84.7 Å². The quantitative estimate of drug-likeness (QED) is 0.0886. The van der Waals surface area contributed by atoms with Gasteiger partial charge in [-0.15, -0.1) is 69.1 Å². The van der Waals surface area contributed by atoms with Crippen LogP contribution in [0.5, 0.6) is 0 Å². The third-order valence-electron chi connectivity index (χ3n) is 11.4. The van der Waals surface area contributed by atoms with E-state index < -0.39 is 47.0 Å². The molecule has 0 aromatic heterocycles. The minimum Gasteiger partial charge on any atom is -1.00 e. The molecule has 2 saturated carbocycles. The second kappa shape index (κ2) is 21.7. The summed E-state index contributed by atoms with van der Waals surface area (Å²) >= 11 is 1.74. The van der Waals surface area contributed by atoms with Crippen molar-refractivity contribution in [3.05, 3.63) is 130 Å². The smallest absolute Gasteiger partial charge is 0.416 e. The number of alkyl halides is 12. The molecule has 16 heteroatoms. The predicted molar refractivity (Wildman–Crippen MR) is 219 cm³/mol. The van der Waals surface area contributed by atoms with Crippen LogP contribution in [0.25, 0.3) is 43.8 Å². The predicted octanol–water partition coefficient (Wildman–Crippen LogP) is 10.8. The fourth-order valence-electron chi connectivity index (χ4n) is 8.65. The van der Waals surface area contributed by atoms with E-state index in [2.05, 4.69) is 13.1 Å². The summed E-state index contributed by atoms with van der Waals surface area (Å²) in [6, 6.07) is 21.5. The first-order valence-electron chi connectivity index (χ1n) is 20.4.